The van der Waals surface area contributed by atoms with Gasteiger partial charge >= 0.3 is 0 Å². The van der Waals surface area contributed by atoms with Gasteiger partial charge in [-0.3, -0.25) is 0 Å². The van der Waals surface area contributed by atoms with Gasteiger partial charge in [0, 0.05) is 22.4 Å². The molecule has 3 heteroatoms. The maximum Gasteiger partial charge on any atom is 0.0671 e. The van der Waals surface area contributed by atoms with Gasteiger partial charge < -0.3 is 0 Å². The van der Waals surface area contributed by atoms with E-state index in [0.29, 0.717) is 6.54 Å². The molecule has 0 spiro atoms. The Labute approximate surface area is 64.0 Å². The fourth-order valence-electron chi connectivity index (χ4n) is 0.102. The van der Waals surface area contributed by atoms with Crippen LogP contribution < -0.4 is 0 Å². The second-order valence-electron chi connectivity index (χ2n) is 0.721. The summed E-state index contributed by atoms with van der Waals surface area (Å²) in [5.74, 6) is 0. The normalized spacial score (nSPS) is 5.14. The number of hydrogen-bond acceptors (Lipinski definition) is 2. The largest absolute Gasteiger partial charge is 0.228 e. The van der Waals surface area contributed by atoms with Gasteiger partial charge in [0.1, 0.15) is 0 Å². The van der Waals surface area contributed by atoms with E-state index < -0.39 is 0 Å². The molecule has 0 aliphatic carbocycles. The molecule has 1 radical (unpaired) electrons. The molecule has 0 aliphatic heterocycles. The standard InChI is InChI=1S/C4H5NS.Ag/c1-2-3-5-4-6;/h2H,1,3H2;. The summed E-state index contributed by atoms with van der Waals surface area (Å²) in [5, 5.41) is 2.21. The maximum atomic E-state index is 4.25. The first kappa shape index (κ1) is 10.3. The van der Waals surface area contributed by atoms with E-state index >= 15 is 0 Å². The maximum absolute atomic E-state index is 4.25. The Morgan fingerprint density at radius 2 is 2.43 bits per heavy atom. The number of aliphatic imine (C=N–C) groups is 1. The van der Waals surface area contributed by atoms with Crippen molar-refractivity contribution in [1.29, 1.82) is 0 Å². The third kappa shape index (κ3) is 10.7. The van der Waals surface area contributed by atoms with Crippen LogP contribution in [0.5, 0.6) is 0 Å². The molecule has 43 valence electrons. The Balaban J connectivity index is 0. The Hall–Kier alpha value is 0.280. The minimum Gasteiger partial charge on any atom is -0.228 e. The Bertz CT molecular complexity index is 85.7. The van der Waals surface area contributed by atoms with Crippen LogP contribution in [0.1, 0.15) is 0 Å². The van der Waals surface area contributed by atoms with Gasteiger partial charge in [0.25, 0.3) is 0 Å². The molecule has 0 saturated carbocycles. The molecule has 0 unspecified atom stereocenters. The average molecular weight is 207 g/mol. The van der Waals surface area contributed by atoms with E-state index in [0.717, 1.165) is 0 Å². The summed E-state index contributed by atoms with van der Waals surface area (Å²) in [6.07, 6.45) is 1.67. The predicted molar refractivity (Wildman–Crippen MR) is 30.1 cm³/mol. The summed E-state index contributed by atoms with van der Waals surface area (Å²) in [6.45, 7) is 4.00. The van der Waals surface area contributed by atoms with Crippen LogP contribution in [-0.4, -0.2) is 11.7 Å². The third-order valence-corrected chi connectivity index (χ3v) is 0.414. The molecule has 0 N–H and O–H groups in total. The van der Waals surface area contributed by atoms with E-state index in [1.165, 1.54) is 0 Å². The summed E-state index contributed by atoms with van der Waals surface area (Å²) >= 11 is 4.25. The minimum absolute atomic E-state index is 0. The topological polar surface area (TPSA) is 12.4 Å². The molecular formula is C4H5AgNS. The number of nitrogens with zero attached hydrogens (tertiary/aromatic N) is 1. The molecule has 0 aliphatic rings. The van der Waals surface area contributed by atoms with Gasteiger partial charge in [-0.25, -0.2) is 4.99 Å². The second kappa shape index (κ2) is 9.56. The molecule has 0 aromatic carbocycles. The molecular weight excluding hydrogens is 202 g/mol. The third-order valence-electron chi connectivity index (χ3n) is 0.285. The molecule has 0 rings (SSSR count). The van der Waals surface area contributed by atoms with Crippen LogP contribution in [0.2, 0.25) is 0 Å². The van der Waals surface area contributed by atoms with Crippen LogP contribution in [0, 0.1) is 0 Å². The van der Waals surface area contributed by atoms with Crippen molar-refractivity contribution in [2.75, 3.05) is 6.54 Å². The molecule has 0 fully saturated rings. The molecule has 7 heavy (non-hydrogen) atoms. The number of hydrogen-bond donors (Lipinski definition) is 0. The first-order valence-corrected chi connectivity index (χ1v) is 1.97. The zero-order valence-corrected chi connectivity index (χ0v) is 5.95. The number of isothiocyanates is 1. The van der Waals surface area contributed by atoms with Gasteiger partial charge in [-0.1, -0.05) is 6.08 Å². The molecule has 0 saturated heterocycles. The van der Waals surface area contributed by atoms with Crippen molar-refractivity contribution in [1.82, 2.24) is 0 Å². The van der Waals surface area contributed by atoms with Crippen molar-refractivity contribution in [3.63, 3.8) is 0 Å². The van der Waals surface area contributed by atoms with Gasteiger partial charge in [-0.05, 0) is 12.2 Å². The summed E-state index contributed by atoms with van der Waals surface area (Å²) in [7, 11) is 0. The smallest absolute Gasteiger partial charge is 0.0671 e. The summed E-state index contributed by atoms with van der Waals surface area (Å²) in [5.41, 5.74) is 0. The zero-order chi connectivity index (χ0) is 4.83. The van der Waals surface area contributed by atoms with Crippen molar-refractivity contribution in [3.05, 3.63) is 12.7 Å². The van der Waals surface area contributed by atoms with Crippen LogP contribution in [0.15, 0.2) is 17.6 Å². The van der Waals surface area contributed by atoms with Crippen LogP contribution in [0.25, 0.3) is 0 Å². The van der Waals surface area contributed by atoms with Crippen molar-refractivity contribution >= 4 is 17.4 Å². The van der Waals surface area contributed by atoms with Crippen molar-refractivity contribution in [2.24, 2.45) is 4.99 Å². The van der Waals surface area contributed by atoms with E-state index in [1.807, 2.05) is 0 Å². The quantitative estimate of drug-likeness (QED) is 0.287. The van der Waals surface area contributed by atoms with Crippen molar-refractivity contribution in [3.8, 4) is 0 Å². The van der Waals surface area contributed by atoms with E-state index in [2.05, 4.69) is 29.0 Å². The molecule has 0 amide bonds. The first-order chi connectivity index (χ1) is 2.91. The van der Waals surface area contributed by atoms with Gasteiger partial charge in [0.15, 0.2) is 0 Å². The summed E-state index contributed by atoms with van der Waals surface area (Å²) in [6, 6.07) is 0. The number of thiocarbonyl (C=S) groups is 1. The average Bonchev–Trinajstić information content (AvgIpc) is 1.61. The van der Waals surface area contributed by atoms with E-state index in [9.17, 15) is 0 Å². The van der Waals surface area contributed by atoms with E-state index in [4.69, 9.17) is 0 Å². The summed E-state index contributed by atoms with van der Waals surface area (Å²) in [4.78, 5) is 3.54. The monoisotopic (exact) mass is 206 g/mol. The molecule has 1 nitrogen and oxygen atoms in total. The fourth-order valence-corrected chi connectivity index (χ4v) is 0.176. The minimum atomic E-state index is 0. The van der Waals surface area contributed by atoms with Crippen molar-refractivity contribution in [2.45, 2.75) is 0 Å². The van der Waals surface area contributed by atoms with Gasteiger partial charge in [-0.15, -0.1) is 6.58 Å². The second-order valence-corrected chi connectivity index (χ2v) is 0.903. The zero-order valence-electron chi connectivity index (χ0n) is 3.65. The summed E-state index contributed by atoms with van der Waals surface area (Å²) < 4.78 is 0. The van der Waals surface area contributed by atoms with E-state index in [-0.39, 0.29) is 22.4 Å². The molecule has 0 aromatic heterocycles. The van der Waals surface area contributed by atoms with Gasteiger partial charge in [0.05, 0.1) is 11.7 Å². The van der Waals surface area contributed by atoms with Crippen LogP contribution in [0.3, 0.4) is 0 Å². The van der Waals surface area contributed by atoms with E-state index in [1.54, 1.807) is 6.08 Å². The van der Waals surface area contributed by atoms with Crippen molar-refractivity contribution < 1.29 is 22.4 Å². The first-order valence-electron chi connectivity index (χ1n) is 1.56. The van der Waals surface area contributed by atoms with Gasteiger partial charge in [-0.2, -0.15) is 0 Å². The molecule has 0 bridgehead atoms. The number of rotatable bonds is 2. The van der Waals surface area contributed by atoms with Crippen LogP contribution >= 0.6 is 12.2 Å². The molecule has 0 atom stereocenters. The van der Waals surface area contributed by atoms with Crippen LogP contribution in [0.4, 0.5) is 0 Å². The molecule has 0 heterocycles. The Morgan fingerprint density at radius 3 is 2.57 bits per heavy atom. The predicted octanol–water partition coefficient (Wildman–Crippen LogP) is 1.27. The molecule has 0 aromatic rings. The Kier molecular flexibility index (Phi) is 14.1. The fraction of sp³-hybridized carbons (Fsp3) is 0.250. The van der Waals surface area contributed by atoms with Crippen LogP contribution in [-0.2, 0) is 22.4 Å². The SMILES string of the molecule is C=CCN=C=S.[Ag]. The van der Waals surface area contributed by atoms with Gasteiger partial charge in [0.2, 0.25) is 0 Å². The Morgan fingerprint density at radius 1 is 1.86 bits per heavy atom.